The van der Waals surface area contributed by atoms with Gasteiger partial charge in [0.15, 0.2) is 0 Å². The number of aliphatic carboxylic acids is 1. The molecule has 1 saturated heterocycles. The Morgan fingerprint density at radius 1 is 1.50 bits per heavy atom. The summed E-state index contributed by atoms with van der Waals surface area (Å²) in [6.45, 7) is 7.33. The second-order valence-corrected chi connectivity index (χ2v) is 4.55. The van der Waals surface area contributed by atoms with E-state index in [-0.39, 0.29) is 18.5 Å². The zero-order valence-electron chi connectivity index (χ0n) is 11.0. The summed E-state index contributed by atoms with van der Waals surface area (Å²) in [6.07, 6.45) is 4.46. The van der Waals surface area contributed by atoms with Gasteiger partial charge in [0.25, 0.3) is 0 Å². The molecule has 0 spiro atoms. The van der Waals surface area contributed by atoms with E-state index in [1.165, 1.54) is 0 Å². The Morgan fingerprint density at radius 2 is 2.22 bits per heavy atom. The van der Waals surface area contributed by atoms with Gasteiger partial charge < -0.3 is 14.9 Å². The van der Waals surface area contributed by atoms with Crippen LogP contribution in [0, 0.1) is 0 Å². The minimum Gasteiger partial charge on any atom is -0.481 e. The summed E-state index contributed by atoms with van der Waals surface area (Å²) < 4.78 is 0. The predicted octanol–water partition coefficient (Wildman–Crippen LogP) is 1.94. The molecule has 1 atom stereocenters. The van der Waals surface area contributed by atoms with Gasteiger partial charge in [0.1, 0.15) is 0 Å². The second-order valence-electron chi connectivity index (χ2n) is 4.55. The van der Waals surface area contributed by atoms with E-state index in [9.17, 15) is 9.59 Å². The van der Waals surface area contributed by atoms with Crippen LogP contribution in [0.15, 0.2) is 12.7 Å². The van der Waals surface area contributed by atoms with Crippen molar-refractivity contribution in [3.8, 4) is 0 Å². The average Bonchev–Trinajstić information content (AvgIpc) is 2.35. The molecular weight excluding hydrogens is 232 g/mol. The molecule has 5 nitrogen and oxygen atoms in total. The summed E-state index contributed by atoms with van der Waals surface area (Å²) in [6, 6.07) is -0.231. The molecule has 1 rings (SSSR count). The van der Waals surface area contributed by atoms with Gasteiger partial charge in [-0.1, -0.05) is 6.08 Å². The summed E-state index contributed by atoms with van der Waals surface area (Å²) in [5.41, 5.74) is 0. The molecule has 5 heteroatoms. The molecule has 0 aromatic carbocycles. The van der Waals surface area contributed by atoms with E-state index in [1.807, 2.05) is 6.92 Å². The molecule has 102 valence electrons. The molecule has 0 aromatic rings. The number of piperidine rings is 1. The second kappa shape index (κ2) is 7.03. The van der Waals surface area contributed by atoms with Crippen molar-refractivity contribution >= 4 is 12.0 Å². The number of carboxylic acid groups (broad SMARTS) is 1. The molecule has 0 saturated carbocycles. The molecule has 0 aliphatic carbocycles. The number of amides is 2. The van der Waals surface area contributed by atoms with Gasteiger partial charge in [0, 0.05) is 25.7 Å². The van der Waals surface area contributed by atoms with Crippen molar-refractivity contribution in [2.45, 2.75) is 38.6 Å². The van der Waals surface area contributed by atoms with Crippen molar-refractivity contribution < 1.29 is 14.7 Å². The number of rotatable bonds is 5. The molecule has 1 aliphatic rings. The van der Waals surface area contributed by atoms with Gasteiger partial charge >= 0.3 is 12.0 Å². The fourth-order valence-electron chi connectivity index (χ4n) is 2.35. The van der Waals surface area contributed by atoms with Crippen LogP contribution in [-0.2, 0) is 4.79 Å². The van der Waals surface area contributed by atoms with E-state index in [1.54, 1.807) is 15.9 Å². The number of hydrogen-bond acceptors (Lipinski definition) is 2. The quantitative estimate of drug-likeness (QED) is 0.763. The number of urea groups is 1. The number of carboxylic acids is 1. The summed E-state index contributed by atoms with van der Waals surface area (Å²) >= 11 is 0. The molecule has 0 aromatic heterocycles. The first kappa shape index (κ1) is 14.5. The third-order valence-corrected chi connectivity index (χ3v) is 3.28. The van der Waals surface area contributed by atoms with Gasteiger partial charge in [-0.25, -0.2) is 4.79 Å². The standard InChI is InChI=1S/C13H22N2O3/c1-3-8-14(4-2)13(18)15-9-6-5-7-11(15)10-12(16)17/h3,11H,1,4-10H2,2H3,(H,16,17). The number of likely N-dealkylation sites (N-methyl/N-ethyl adjacent to an activating group) is 1. The summed E-state index contributed by atoms with van der Waals surface area (Å²) in [5.74, 6) is -0.841. The number of carbonyl (C=O) groups is 2. The summed E-state index contributed by atoms with van der Waals surface area (Å²) in [4.78, 5) is 26.6. The maximum absolute atomic E-state index is 12.3. The van der Waals surface area contributed by atoms with Gasteiger partial charge in [-0.05, 0) is 26.2 Å². The van der Waals surface area contributed by atoms with E-state index in [0.29, 0.717) is 19.6 Å². The summed E-state index contributed by atoms with van der Waals surface area (Å²) in [7, 11) is 0. The Morgan fingerprint density at radius 3 is 2.78 bits per heavy atom. The molecule has 0 radical (unpaired) electrons. The smallest absolute Gasteiger partial charge is 0.320 e. The van der Waals surface area contributed by atoms with Crippen LogP contribution in [0.5, 0.6) is 0 Å². The van der Waals surface area contributed by atoms with Crippen LogP contribution < -0.4 is 0 Å². The van der Waals surface area contributed by atoms with Gasteiger partial charge in [0.05, 0.1) is 6.42 Å². The normalized spacial score (nSPS) is 19.4. The van der Waals surface area contributed by atoms with Crippen molar-refractivity contribution in [2.75, 3.05) is 19.6 Å². The lowest BCUT2D eigenvalue weighted by Gasteiger charge is -2.38. The van der Waals surface area contributed by atoms with Crippen molar-refractivity contribution in [3.05, 3.63) is 12.7 Å². The molecule has 1 unspecified atom stereocenters. The van der Waals surface area contributed by atoms with Gasteiger partial charge in [-0.3, -0.25) is 4.79 Å². The molecule has 2 amide bonds. The Labute approximate surface area is 108 Å². The first-order valence-electron chi connectivity index (χ1n) is 6.48. The number of likely N-dealkylation sites (tertiary alicyclic amines) is 1. The van der Waals surface area contributed by atoms with Crippen LogP contribution in [-0.4, -0.2) is 52.6 Å². The average molecular weight is 254 g/mol. The van der Waals surface area contributed by atoms with Crippen molar-refractivity contribution in [1.82, 2.24) is 9.80 Å². The van der Waals surface area contributed by atoms with Crippen molar-refractivity contribution in [1.29, 1.82) is 0 Å². The highest BCUT2D eigenvalue weighted by molar-refractivity contribution is 5.76. The highest BCUT2D eigenvalue weighted by Crippen LogP contribution is 2.21. The Bertz CT molecular complexity index is 317. The van der Waals surface area contributed by atoms with Crippen LogP contribution >= 0.6 is 0 Å². The van der Waals surface area contributed by atoms with Crippen molar-refractivity contribution in [3.63, 3.8) is 0 Å². The first-order valence-corrected chi connectivity index (χ1v) is 6.48. The highest BCUT2D eigenvalue weighted by atomic mass is 16.4. The van der Waals surface area contributed by atoms with Crippen LogP contribution in [0.1, 0.15) is 32.6 Å². The van der Waals surface area contributed by atoms with Gasteiger partial charge in [0.2, 0.25) is 0 Å². The third-order valence-electron chi connectivity index (χ3n) is 3.28. The Hall–Kier alpha value is -1.52. The third kappa shape index (κ3) is 3.75. The Kier molecular flexibility index (Phi) is 5.68. The minimum absolute atomic E-state index is 0.0391. The topological polar surface area (TPSA) is 60.9 Å². The molecule has 1 aliphatic heterocycles. The molecule has 1 heterocycles. The molecule has 1 fully saturated rings. The van der Waals surface area contributed by atoms with Crippen LogP contribution in [0.4, 0.5) is 4.79 Å². The number of carbonyl (C=O) groups excluding carboxylic acids is 1. The fraction of sp³-hybridized carbons (Fsp3) is 0.692. The van der Waals surface area contributed by atoms with E-state index < -0.39 is 5.97 Å². The number of hydrogen-bond donors (Lipinski definition) is 1. The van der Waals surface area contributed by atoms with Crippen LogP contribution in [0.3, 0.4) is 0 Å². The van der Waals surface area contributed by atoms with E-state index >= 15 is 0 Å². The monoisotopic (exact) mass is 254 g/mol. The summed E-state index contributed by atoms with van der Waals surface area (Å²) in [5, 5.41) is 8.90. The highest BCUT2D eigenvalue weighted by Gasteiger charge is 2.30. The fourth-order valence-corrected chi connectivity index (χ4v) is 2.35. The largest absolute Gasteiger partial charge is 0.481 e. The van der Waals surface area contributed by atoms with E-state index in [0.717, 1.165) is 19.3 Å². The van der Waals surface area contributed by atoms with E-state index in [4.69, 9.17) is 5.11 Å². The zero-order valence-corrected chi connectivity index (χ0v) is 11.0. The number of nitrogens with zero attached hydrogens (tertiary/aromatic N) is 2. The predicted molar refractivity (Wildman–Crippen MR) is 69.4 cm³/mol. The molecular formula is C13H22N2O3. The molecule has 1 N–H and O–H groups in total. The lowest BCUT2D eigenvalue weighted by molar-refractivity contribution is -0.138. The van der Waals surface area contributed by atoms with Crippen LogP contribution in [0.2, 0.25) is 0 Å². The van der Waals surface area contributed by atoms with E-state index in [2.05, 4.69) is 6.58 Å². The van der Waals surface area contributed by atoms with Crippen molar-refractivity contribution in [2.24, 2.45) is 0 Å². The van der Waals surface area contributed by atoms with Gasteiger partial charge in [-0.15, -0.1) is 6.58 Å². The minimum atomic E-state index is -0.841. The lowest BCUT2D eigenvalue weighted by atomic mass is 10.00. The van der Waals surface area contributed by atoms with Gasteiger partial charge in [-0.2, -0.15) is 0 Å². The first-order chi connectivity index (χ1) is 8.60. The zero-order chi connectivity index (χ0) is 13.5. The maximum atomic E-state index is 12.3. The molecule has 18 heavy (non-hydrogen) atoms. The van der Waals surface area contributed by atoms with Crippen LogP contribution in [0.25, 0.3) is 0 Å². The maximum Gasteiger partial charge on any atom is 0.320 e. The molecule has 0 bridgehead atoms. The SMILES string of the molecule is C=CCN(CC)C(=O)N1CCCCC1CC(=O)O. The Balaban J connectivity index is 2.72. The lowest BCUT2D eigenvalue weighted by Crippen LogP contribution is -2.50.